The average molecular weight is 264 g/mol. The minimum Gasteiger partial charge on any atom is -0.377 e. The molecule has 1 aliphatic rings. The molecule has 0 spiro atoms. The Balaban J connectivity index is 2.19. The van der Waals surface area contributed by atoms with Crippen molar-refractivity contribution in [2.45, 2.75) is 32.8 Å². The van der Waals surface area contributed by atoms with Gasteiger partial charge in [-0.1, -0.05) is 6.92 Å². The summed E-state index contributed by atoms with van der Waals surface area (Å²) in [6, 6.07) is 2.02. The van der Waals surface area contributed by atoms with Gasteiger partial charge in [-0.25, -0.2) is 9.97 Å². The molecule has 1 saturated carbocycles. The van der Waals surface area contributed by atoms with Crippen molar-refractivity contribution in [2.24, 2.45) is 5.92 Å². The van der Waals surface area contributed by atoms with Gasteiger partial charge >= 0.3 is 0 Å². The van der Waals surface area contributed by atoms with E-state index in [1.807, 2.05) is 13.1 Å². The van der Waals surface area contributed by atoms with Gasteiger partial charge in [0.2, 0.25) is 0 Å². The van der Waals surface area contributed by atoms with Crippen LogP contribution in [-0.2, 0) is 11.3 Å². The standard InChI is InChI=1S/C14H24N4O/c1-4-7-18(9-11-5-6-11)14-8-12(15-2)16-13(17-14)10-19-3/h8,11H,4-7,9-10H2,1-3H3,(H,15,16,17). The summed E-state index contributed by atoms with van der Waals surface area (Å²) in [7, 11) is 3.55. The average Bonchev–Trinajstić information content (AvgIpc) is 3.22. The van der Waals surface area contributed by atoms with Crippen LogP contribution in [0.3, 0.4) is 0 Å². The number of hydrogen-bond acceptors (Lipinski definition) is 5. The molecule has 1 fully saturated rings. The monoisotopic (exact) mass is 264 g/mol. The molecule has 1 aliphatic carbocycles. The third kappa shape index (κ3) is 4.06. The Morgan fingerprint density at radius 2 is 2.21 bits per heavy atom. The Hall–Kier alpha value is -1.36. The van der Waals surface area contributed by atoms with Gasteiger partial charge in [-0.3, -0.25) is 0 Å². The summed E-state index contributed by atoms with van der Waals surface area (Å²) in [6.07, 6.45) is 3.84. The lowest BCUT2D eigenvalue weighted by Gasteiger charge is -2.24. The topological polar surface area (TPSA) is 50.3 Å². The quantitative estimate of drug-likeness (QED) is 0.780. The second kappa shape index (κ2) is 6.70. The number of rotatable bonds is 8. The maximum atomic E-state index is 5.14. The molecule has 0 saturated heterocycles. The normalized spacial score (nSPS) is 14.5. The smallest absolute Gasteiger partial charge is 0.158 e. The molecule has 19 heavy (non-hydrogen) atoms. The van der Waals surface area contributed by atoms with Gasteiger partial charge in [-0.05, 0) is 25.2 Å². The second-order valence-corrected chi connectivity index (χ2v) is 5.10. The lowest BCUT2D eigenvalue weighted by atomic mass is 10.3. The minimum absolute atomic E-state index is 0.450. The maximum Gasteiger partial charge on any atom is 0.158 e. The summed E-state index contributed by atoms with van der Waals surface area (Å²) in [5, 5.41) is 3.10. The van der Waals surface area contributed by atoms with Crippen molar-refractivity contribution in [1.82, 2.24) is 9.97 Å². The first-order chi connectivity index (χ1) is 9.26. The lowest BCUT2D eigenvalue weighted by Crippen LogP contribution is -2.28. The van der Waals surface area contributed by atoms with E-state index in [0.29, 0.717) is 6.61 Å². The molecule has 106 valence electrons. The van der Waals surface area contributed by atoms with Gasteiger partial charge in [0.15, 0.2) is 5.82 Å². The third-order valence-electron chi connectivity index (χ3n) is 3.28. The SMILES string of the molecule is CCCN(CC1CC1)c1cc(NC)nc(COC)n1. The van der Waals surface area contributed by atoms with Crippen molar-refractivity contribution in [3.8, 4) is 0 Å². The molecule has 1 N–H and O–H groups in total. The molecule has 0 bridgehead atoms. The molecule has 1 aromatic rings. The van der Waals surface area contributed by atoms with Gasteiger partial charge in [0.05, 0.1) is 0 Å². The van der Waals surface area contributed by atoms with Crippen LogP contribution in [0.25, 0.3) is 0 Å². The molecular weight excluding hydrogens is 240 g/mol. The first-order valence-corrected chi connectivity index (χ1v) is 7.06. The highest BCUT2D eigenvalue weighted by atomic mass is 16.5. The zero-order chi connectivity index (χ0) is 13.7. The summed E-state index contributed by atoms with van der Waals surface area (Å²) in [5.74, 6) is 3.46. The van der Waals surface area contributed by atoms with Crippen molar-refractivity contribution >= 4 is 11.6 Å². The highest BCUT2D eigenvalue weighted by molar-refractivity contribution is 5.49. The molecule has 1 aromatic heterocycles. The van der Waals surface area contributed by atoms with E-state index in [0.717, 1.165) is 42.9 Å². The molecular formula is C14H24N4O. The Morgan fingerprint density at radius 3 is 2.79 bits per heavy atom. The minimum atomic E-state index is 0.450. The summed E-state index contributed by atoms with van der Waals surface area (Å²) >= 11 is 0. The zero-order valence-corrected chi connectivity index (χ0v) is 12.1. The summed E-state index contributed by atoms with van der Waals surface area (Å²) in [4.78, 5) is 11.4. The number of nitrogens with one attached hydrogen (secondary N) is 1. The predicted octanol–water partition coefficient (Wildman–Crippen LogP) is 2.29. The number of ether oxygens (including phenoxy) is 1. The lowest BCUT2D eigenvalue weighted by molar-refractivity contribution is 0.178. The fourth-order valence-corrected chi connectivity index (χ4v) is 2.15. The first kappa shape index (κ1) is 14.1. The fraction of sp³-hybridized carbons (Fsp3) is 0.714. The molecule has 0 aliphatic heterocycles. The van der Waals surface area contributed by atoms with Crippen molar-refractivity contribution in [2.75, 3.05) is 37.5 Å². The maximum absolute atomic E-state index is 5.14. The highest BCUT2D eigenvalue weighted by Crippen LogP contribution is 2.31. The van der Waals surface area contributed by atoms with E-state index >= 15 is 0 Å². The van der Waals surface area contributed by atoms with Crippen molar-refractivity contribution in [1.29, 1.82) is 0 Å². The molecule has 0 radical (unpaired) electrons. The van der Waals surface area contributed by atoms with E-state index in [2.05, 4.69) is 27.1 Å². The molecule has 2 rings (SSSR count). The van der Waals surface area contributed by atoms with Crippen LogP contribution in [0.5, 0.6) is 0 Å². The molecule has 1 heterocycles. The molecule has 0 amide bonds. The number of methoxy groups -OCH3 is 1. The van der Waals surface area contributed by atoms with Gasteiger partial charge in [0.25, 0.3) is 0 Å². The second-order valence-electron chi connectivity index (χ2n) is 5.10. The van der Waals surface area contributed by atoms with E-state index in [4.69, 9.17) is 4.74 Å². The first-order valence-electron chi connectivity index (χ1n) is 7.06. The van der Waals surface area contributed by atoms with Gasteiger partial charge in [-0.2, -0.15) is 0 Å². The van der Waals surface area contributed by atoms with E-state index in [1.54, 1.807) is 7.11 Å². The summed E-state index contributed by atoms with van der Waals surface area (Å²) in [5.41, 5.74) is 0. The Labute approximate surface area is 115 Å². The number of anilines is 2. The van der Waals surface area contributed by atoms with Gasteiger partial charge in [0, 0.05) is 33.3 Å². The van der Waals surface area contributed by atoms with Crippen molar-refractivity contribution in [3.63, 3.8) is 0 Å². The Bertz CT molecular complexity index is 406. The number of nitrogens with zero attached hydrogens (tertiary/aromatic N) is 3. The predicted molar refractivity (Wildman–Crippen MR) is 77.5 cm³/mol. The fourth-order valence-electron chi connectivity index (χ4n) is 2.15. The van der Waals surface area contributed by atoms with Gasteiger partial charge < -0.3 is 15.0 Å². The van der Waals surface area contributed by atoms with E-state index in [9.17, 15) is 0 Å². The van der Waals surface area contributed by atoms with Crippen LogP contribution >= 0.6 is 0 Å². The summed E-state index contributed by atoms with van der Waals surface area (Å²) in [6.45, 7) is 4.81. The van der Waals surface area contributed by atoms with Crippen LogP contribution in [-0.4, -0.2) is 37.2 Å². The van der Waals surface area contributed by atoms with Crippen LogP contribution in [0.1, 0.15) is 32.0 Å². The van der Waals surface area contributed by atoms with E-state index < -0.39 is 0 Å². The van der Waals surface area contributed by atoms with Crippen LogP contribution in [0.2, 0.25) is 0 Å². The van der Waals surface area contributed by atoms with Crippen molar-refractivity contribution in [3.05, 3.63) is 11.9 Å². The molecule has 0 unspecified atom stereocenters. The van der Waals surface area contributed by atoms with Gasteiger partial charge in [0.1, 0.15) is 18.2 Å². The van der Waals surface area contributed by atoms with E-state index in [-0.39, 0.29) is 0 Å². The molecule has 5 nitrogen and oxygen atoms in total. The van der Waals surface area contributed by atoms with Crippen LogP contribution in [0, 0.1) is 5.92 Å². The zero-order valence-electron chi connectivity index (χ0n) is 12.1. The van der Waals surface area contributed by atoms with Crippen molar-refractivity contribution < 1.29 is 4.74 Å². The third-order valence-corrected chi connectivity index (χ3v) is 3.28. The van der Waals surface area contributed by atoms with Gasteiger partial charge in [-0.15, -0.1) is 0 Å². The highest BCUT2D eigenvalue weighted by Gasteiger charge is 2.25. The van der Waals surface area contributed by atoms with E-state index in [1.165, 1.54) is 12.8 Å². The molecule has 0 atom stereocenters. The Kier molecular flexibility index (Phi) is 4.96. The van der Waals surface area contributed by atoms with Crippen LogP contribution in [0.15, 0.2) is 6.07 Å². The number of hydrogen-bond donors (Lipinski definition) is 1. The molecule has 0 aromatic carbocycles. The number of aromatic nitrogens is 2. The Morgan fingerprint density at radius 1 is 1.42 bits per heavy atom. The van der Waals surface area contributed by atoms with Crippen LogP contribution < -0.4 is 10.2 Å². The summed E-state index contributed by atoms with van der Waals surface area (Å²) < 4.78 is 5.14. The molecule has 5 heteroatoms. The largest absolute Gasteiger partial charge is 0.377 e. The van der Waals surface area contributed by atoms with Crippen LogP contribution in [0.4, 0.5) is 11.6 Å².